The second kappa shape index (κ2) is 10.7. The van der Waals surface area contributed by atoms with Gasteiger partial charge in [0.05, 0.1) is 34.1 Å². The maximum absolute atomic E-state index is 6.22. The minimum absolute atomic E-state index is 0.0786. The third kappa shape index (κ3) is 5.80. The van der Waals surface area contributed by atoms with Crippen molar-refractivity contribution in [1.29, 1.82) is 0 Å². The molecule has 0 amide bonds. The van der Waals surface area contributed by atoms with Crippen LogP contribution in [0, 0.1) is 12.8 Å². The van der Waals surface area contributed by atoms with Gasteiger partial charge in [-0.05, 0) is 69.6 Å². The van der Waals surface area contributed by atoms with Gasteiger partial charge < -0.3 is 15.0 Å². The molecule has 6 nitrogen and oxygen atoms in total. The molecule has 2 aromatic heterocycles. The van der Waals surface area contributed by atoms with E-state index in [-0.39, 0.29) is 6.04 Å². The van der Waals surface area contributed by atoms with Crippen LogP contribution in [0.25, 0.3) is 21.5 Å². The lowest BCUT2D eigenvalue weighted by atomic mass is 9.99. The second-order valence-electron chi connectivity index (χ2n) is 9.37. The standard InChI is InChI=1S/C28H33N5OS/c1-4-33-12-6-7-21(16-33)17-34-24-9-5-8-22(13-24)19(2)30-28-15-26(31-20(3)32-28)23-10-11-25-27(14-23)35-18-29-25/h5,8-11,13-15,18-19,21H,4,6-7,12,16-17H2,1-3H3,(H,30,31,32). The predicted molar refractivity (Wildman–Crippen MR) is 144 cm³/mol. The molecular weight excluding hydrogens is 454 g/mol. The summed E-state index contributed by atoms with van der Waals surface area (Å²) in [4.78, 5) is 16.2. The Morgan fingerprint density at radius 2 is 2.09 bits per heavy atom. The number of aryl methyl sites for hydroxylation is 1. The van der Waals surface area contributed by atoms with Gasteiger partial charge in [0, 0.05) is 24.1 Å². The zero-order chi connectivity index (χ0) is 24.2. The van der Waals surface area contributed by atoms with Gasteiger partial charge in [0.25, 0.3) is 0 Å². The predicted octanol–water partition coefficient (Wildman–Crippen LogP) is 6.35. The van der Waals surface area contributed by atoms with E-state index in [1.54, 1.807) is 11.3 Å². The Labute approximate surface area is 211 Å². The highest BCUT2D eigenvalue weighted by Gasteiger charge is 2.19. The summed E-state index contributed by atoms with van der Waals surface area (Å²) in [5, 5.41) is 3.56. The number of piperidine rings is 1. The van der Waals surface area contributed by atoms with Crippen LogP contribution in [0.5, 0.6) is 5.75 Å². The van der Waals surface area contributed by atoms with E-state index in [9.17, 15) is 0 Å². The van der Waals surface area contributed by atoms with Gasteiger partial charge in [-0.15, -0.1) is 11.3 Å². The van der Waals surface area contributed by atoms with Crippen molar-refractivity contribution in [3.05, 3.63) is 65.4 Å². The first kappa shape index (κ1) is 23.7. The molecule has 7 heteroatoms. The second-order valence-corrected chi connectivity index (χ2v) is 10.3. The van der Waals surface area contributed by atoms with Crippen molar-refractivity contribution in [1.82, 2.24) is 19.9 Å². The first-order valence-corrected chi connectivity index (χ1v) is 13.4. The molecule has 1 aliphatic rings. The lowest BCUT2D eigenvalue weighted by Gasteiger charge is -2.31. The summed E-state index contributed by atoms with van der Waals surface area (Å²) < 4.78 is 7.38. The molecule has 1 fully saturated rings. The number of fused-ring (bicyclic) bond motifs is 1. The average Bonchev–Trinajstić information content (AvgIpc) is 3.35. The summed E-state index contributed by atoms with van der Waals surface area (Å²) in [5.74, 6) is 3.10. The van der Waals surface area contributed by atoms with Crippen LogP contribution in [-0.2, 0) is 0 Å². The van der Waals surface area contributed by atoms with Crippen LogP contribution >= 0.6 is 11.3 Å². The van der Waals surface area contributed by atoms with E-state index in [4.69, 9.17) is 4.74 Å². The first-order chi connectivity index (χ1) is 17.1. The van der Waals surface area contributed by atoms with Crippen LogP contribution < -0.4 is 10.1 Å². The number of hydrogen-bond donors (Lipinski definition) is 1. The van der Waals surface area contributed by atoms with E-state index in [0.29, 0.717) is 5.92 Å². The molecule has 0 aliphatic carbocycles. The van der Waals surface area contributed by atoms with Crippen LogP contribution in [-0.4, -0.2) is 46.1 Å². The average molecular weight is 488 g/mol. The van der Waals surface area contributed by atoms with E-state index < -0.39 is 0 Å². The van der Waals surface area contributed by atoms with Crippen molar-refractivity contribution in [2.75, 3.05) is 31.6 Å². The van der Waals surface area contributed by atoms with Crippen LogP contribution in [0.2, 0.25) is 0 Å². The van der Waals surface area contributed by atoms with Crippen LogP contribution in [0.3, 0.4) is 0 Å². The van der Waals surface area contributed by atoms with Gasteiger partial charge in [0.1, 0.15) is 17.4 Å². The first-order valence-electron chi connectivity index (χ1n) is 12.5. The van der Waals surface area contributed by atoms with Crippen LogP contribution in [0.4, 0.5) is 5.82 Å². The molecule has 35 heavy (non-hydrogen) atoms. The Morgan fingerprint density at radius 3 is 2.97 bits per heavy atom. The quantitative estimate of drug-likeness (QED) is 0.313. The smallest absolute Gasteiger partial charge is 0.130 e. The summed E-state index contributed by atoms with van der Waals surface area (Å²) in [6, 6.07) is 16.8. The Kier molecular flexibility index (Phi) is 7.25. The summed E-state index contributed by atoms with van der Waals surface area (Å²) in [6.45, 7) is 10.6. The number of rotatable bonds is 8. The van der Waals surface area contributed by atoms with Gasteiger partial charge in [-0.2, -0.15) is 0 Å². The summed E-state index contributed by atoms with van der Waals surface area (Å²) >= 11 is 1.64. The zero-order valence-corrected chi connectivity index (χ0v) is 21.5. The number of hydrogen-bond acceptors (Lipinski definition) is 7. The number of thiazole rings is 1. The maximum Gasteiger partial charge on any atom is 0.130 e. The van der Waals surface area contributed by atoms with Gasteiger partial charge in [-0.3, -0.25) is 0 Å². The van der Waals surface area contributed by atoms with Crippen molar-refractivity contribution in [2.24, 2.45) is 5.92 Å². The van der Waals surface area contributed by atoms with E-state index in [2.05, 4.69) is 75.4 Å². The molecule has 2 atom stereocenters. The molecule has 0 saturated carbocycles. The van der Waals surface area contributed by atoms with Crippen molar-refractivity contribution in [3.8, 4) is 17.0 Å². The fourth-order valence-electron chi connectivity index (χ4n) is 4.77. The molecule has 1 N–H and O–H groups in total. The van der Waals surface area contributed by atoms with Gasteiger partial charge >= 0.3 is 0 Å². The maximum atomic E-state index is 6.22. The highest BCUT2D eigenvalue weighted by molar-refractivity contribution is 7.16. The van der Waals surface area contributed by atoms with Gasteiger partial charge in [-0.1, -0.05) is 25.1 Å². The number of nitrogens with zero attached hydrogens (tertiary/aromatic N) is 4. The fourth-order valence-corrected chi connectivity index (χ4v) is 5.49. The molecule has 5 rings (SSSR count). The molecular formula is C28H33N5OS. The van der Waals surface area contributed by atoms with E-state index in [0.717, 1.165) is 58.6 Å². The van der Waals surface area contributed by atoms with Crippen molar-refractivity contribution >= 4 is 27.4 Å². The van der Waals surface area contributed by atoms with Crippen LogP contribution in [0.15, 0.2) is 54.0 Å². The monoisotopic (exact) mass is 487 g/mol. The molecule has 3 heterocycles. The minimum Gasteiger partial charge on any atom is -0.493 e. The fraction of sp³-hybridized carbons (Fsp3) is 0.393. The molecule has 1 aliphatic heterocycles. The number of likely N-dealkylation sites (tertiary alicyclic amines) is 1. The third-order valence-electron chi connectivity index (χ3n) is 6.72. The Morgan fingerprint density at radius 1 is 1.17 bits per heavy atom. The number of ether oxygens (including phenoxy) is 1. The van der Waals surface area contributed by atoms with Crippen molar-refractivity contribution < 1.29 is 4.74 Å². The Bertz CT molecular complexity index is 1290. The molecule has 0 radical (unpaired) electrons. The van der Waals surface area contributed by atoms with E-state index in [1.807, 2.05) is 24.6 Å². The summed E-state index contributed by atoms with van der Waals surface area (Å²) in [6.07, 6.45) is 2.51. The largest absolute Gasteiger partial charge is 0.493 e. The number of aromatic nitrogens is 3. The van der Waals surface area contributed by atoms with E-state index >= 15 is 0 Å². The molecule has 1 saturated heterocycles. The number of anilines is 1. The van der Waals surface area contributed by atoms with Crippen molar-refractivity contribution in [3.63, 3.8) is 0 Å². The number of nitrogens with one attached hydrogen (secondary N) is 1. The SMILES string of the molecule is CCN1CCCC(COc2cccc(C(C)Nc3cc(-c4ccc5ncsc5c4)nc(C)n3)c2)C1. The van der Waals surface area contributed by atoms with Gasteiger partial charge in [0.15, 0.2) is 0 Å². The summed E-state index contributed by atoms with van der Waals surface area (Å²) in [5.41, 5.74) is 6.05. The third-order valence-corrected chi connectivity index (χ3v) is 7.52. The topological polar surface area (TPSA) is 63.2 Å². The molecule has 182 valence electrons. The lowest BCUT2D eigenvalue weighted by Crippen LogP contribution is -2.37. The normalized spacial score (nSPS) is 17.4. The molecule has 2 unspecified atom stereocenters. The molecule has 2 aromatic carbocycles. The lowest BCUT2D eigenvalue weighted by molar-refractivity contribution is 0.135. The summed E-state index contributed by atoms with van der Waals surface area (Å²) in [7, 11) is 0. The number of benzene rings is 2. The minimum atomic E-state index is 0.0786. The van der Waals surface area contributed by atoms with Gasteiger partial charge in [-0.25, -0.2) is 15.0 Å². The Balaban J connectivity index is 1.27. The Hall–Kier alpha value is -3.03. The molecule has 0 spiro atoms. The molecule has 0 bridgehead atoms. The van der Waals surface area contributed by atoms with Crippen LogP contribution in [0.1, 0.15) is 44.1 Å². The highest BCUT2D eigenvalue weighted by Crippen LogP contribution is 2.28. The van der Waals surface area contributed by atoms with Crippen molar-refractivity contribution in [2.45, 2.75) is 39.7 Å². The highest BCUT2D eigenvalue weighted by atomic mass is 32.1. The molecule has 4 aromatic rings. The van der Waals surface area contributed by atoms with Gasteiger partial charge in [0.2, 0.25) is 0 Å². The van der Waals surface area contributed by atoms with E-state index in [1.165, 1.54) is 24.9 Å². The zero-order valence-electron chi connectivity index (χ0n) is 20.7.